The number of hydrogen-bond acceptors (Lipinski definition) is 3. The van der Waals surface area contributed by atoms with Gasteiger partial charge in [-0.25, -0.2) is 15.0 Å². The molecule has 0 spiro atoms. The summed E-state index contributed by atoms with van der Waals surface area (Å²) >= 11 is 0. The molecule has 0 N–H and O–H groups in total. The van der Waals surface area contributed by atoms with Crippen molar-refractivity contribution in [1.29, 1.82) is 0 Å². The van der Waals surface area contributed by atoms with E-state index in [0.29, 0.717) is 17.5 Å². The van der Waals surface area contributed by atoms with E-state index >= 15 is 0 Å². The van der Waals surface area contributed by atoms with E-state index in [0.717, 1.165) is 72.1 Å². The second-order valence-corrected chi connectivity index (χ2v) is 19.2. The predicted molar refractivity (Wildman–Crippen MR) is 308 cm³/mol. The molecule has 0 aliphatic carbocycles. The van der Waals surface area contributed by atoms with Crippen molar-refractivity contribution in [3.8, 4) is 67.8 Å². The van der Waals surface area contributed by atoms with Crippen LogP contribution < -0.4 is 0 Å². The number of nitrogens with zero attached hydrogens (tertiary/aromatic N) is 5. The molecule has 0 saturated heterocycles. The van der Waals surface area contributed by atoms with Gasteiger partial charge in [0.2, 0.25) is 0 Å². The molecule has 15 aromatic rings. The zero-order chi connectivity index (χ0) is 48.7. The summed E-state index contributed by atoms with van der Waals surface area (Å²) in [4.78, 5) is 16.0. The van der Waals surface area contributed by atoms with Crippen molar-refractivity contribution in [3.05, 3.63) is 261 Å². The Kier molecular flexibility index (Phi) is 9.50. The van der Waals surface area contributed by atoms with E-state index in [4.69, 9.17) is 15.0 Å². The van der Waals surface area contributed by atoms with Crippen molar-refractivity contribution in [2.45, 2.75) is 0 Å². The first-order chi connectivity index (χ1) is 36.7. The standard InChI is InChI=1S/C69H43N5/c1-3-18-44(19-4-1)46-24-15-27-51(38-46)67-70-68(52-28-16-25-47(39-52)45-20-5-2-6-21-45)72-69(71-67)57-36-37-64(54-30-10-9-29-53(54)57)74-62-34-14-12-32-56(62)60-41-50-26-17-35-63(58(50)43-66(60)74)73-61-33-13-11-31-55(61)59-40-48-22-7-8-23-49(48)42-65(59)73/h1-43H. The average Bonchev–Trinajstić information content (AvgIpc) is 3.97. The van der Waals surface area contributed by atoms with E-state index in [1.165, 1.54) is 54.1 Å². The molecule has 0 unspecified atom stereocenters. The van der Waals surface area contributed by atoms with Gasteiger partial charge in [0, 0.05) is 49.0 Å². The third-order valence-corrected chi connectivity index (χ3v) is 14.9. The molecule has 0 aliphatic heterocycles. The van der Waals surface area contributed by atoms with Crippen LogP contribution in [0.15, 0.2) is 261 Å². The minimum absolute atomic E-state index is 0.611. The summed E-state index contributed by atoms with van der Waals surface area (Å²) in [6.07, 6.45) is 0. The quantitative estimate of drug-likeness (QED) is 0.160. The maximum atomic E-state index is 5.35. The van der Waals surface area contributed by atoms with Gasteiger partial charge in [0.05, 0.1) is 33.4 Å². The first-order valence-corrected chi connectivity index (χ1v) is 25.2. The van der Waals surface area contributed by atoms with E-state index in [2.05, 4.69) is 258 Å². The van der Waals surface area contributed by atoms with Crippen LogP contribution >= 0.6 is 0 Å². The highest BCUT2D eigenvalue weighted by molar-refractivity contribution is 6.18. The normalized spacial score (nSPS) is 11.8. The zero-order valence-electron chi connectivity index (χ0n) is 40.1. The summed E-state index contributed by atoms with van der Waals surface area (Å²) in [6, 6.07) is 93.6. The largest absolute Gasteiger partial charge is 0.309 e. The van der Waals surface area contributed by atoms with E-state index < -0.39 is 0 Å². The number of benzene rings is 12. The molecule has 0 amide bonds. The molecule has 0 atom stereocenters. The summed E-state index contributed by atoms with van der Waals surface area (Å²) in [5.74, 6) is 1.84. The molecule has 12 aromatic carbocycles. The van der Waals surface area contributed by atoms with E-state index in [1.54, 1.807) is 0 Å². The lowest BCUT2D eigenvalue weighted by atomic mass is 10.0. The Bertz CT molecular complexity index is 4620. The second-order valence-electron chi connectivity index (χ2n) is 19.2. The fourth-order valence-electron chi connectivity index (χ4n) is 11.5. The van der Waals surface area contributed by atoms with Crippen LogP contribution in [0.2, 0.25) is 0 Å². The Morgan fingerprint density at radius 1 is 0.216 bits per heavy atom. The number of para-hydroxylation sites is 2. The van der Waals surface area contributed by atoms with Crippen molar-refractivity contribution in [1.82, 2.24) is 24.1 Å². The van der Waals surface area contributed by atoms with Gasteiger partial charge in [-0.15, -0.1) is 0 Å². The van der Waals surface area contributed by atoms with Gasteiger partial charge in [0.1, 0.15) is 0 Å². The van der Waals surface area contributed by atoms with Crippen LogP contribution in [-0.2, 0) is 0 Å². The monoisotopic (exact) mass is 941 g/mol. The molecule has 0 radical (unpaired) electrons. The molecule has 5 nitrogen and oxygen atoms in total. The van der Waals surface area contributed by atoms with Crippen LogP contribution in [-0.4, -0.2) is 24.1 Å². The fourth-order valence-corrected chi connectivity index (χ4v) is 11.5. The number of hydrogen-bond donors (Lipinski definition) is 0. The summed E-state index contributed by atoms with van der Waals surface area (Å²) in [5, 5.41) is 11.9. The molecule has 3 heterocycles. The van der Waals surface area contributed by atoms with Crippen molar-refractivity contribution in [3.63, 3.8) is 0 Å². The Morgan fingerprint density at radius 2 is 0.649 bits per heavy atom. The summed E-state index contributed by atoms with van der Waals surface area (Å²) in [6.45, 7) is 0. The van der Waals surface area contributed by atoms with Crippen molar-refractivity contribution < 1.29 is 0 Å². The molecule has 0 aliphatic rings. The van der Waals surface area contributed by atoms with Gasteiger partial charge >= 0.3 is 0 Å². The Labute approximate surface area is 426 Å². The highest BCUT2D eigenvalue weighted by atomic mass is 15.0. The maximum absolute atomic E-state index is 5.35. The van der Waals surface area contributed by atoms with E-state index in [-0.39, 0.29) is 0 Å². The highest BCUT2D eigenvalue weighted by Crippen LogP contribution is 2.42. The van der Waals surface area contributed by atoms with Crippen LogP contribution in [0.25, 0.3) is 144 Å². The Morgan fingerprint density at radius 3 is 1.27 bits per heavy atom. The second kappa shape index (κ2) is 16.8. The molecule has 0 saturated carbocycles. The van der Waals surface area contributed by atoms with Gasteiger partial charge in [-0.3, -0.25) is 0 Å². The summed E-state index contributed by atoms with van der Waals surface area (Å²) < 4.78 is 4.93. The first kappa shape index (κ1) is 41.8. The molecule has 344 valence electrons. The smallest absolute Gasteiger partial charge is 0.164 e. The van der Waals surface area contributed by atoms with Crippen LogP contribution in [0.3, 0.4) is 0 Å². The SMILES string of the molecule is c1ccc(-c2cccc(-c3nc(-c4cccc(-c5ccccc5)c4)nc(-c4ccc(-n5c6ccccc6c6cc7cccc(-n8c9ccccc9c9cc%10ccccc%10cc98)c7cc65)c5ccccc45)n3)c2)cc1. The molecule has 3 aromatic heterocycles. The van der Waals surface area contributed by atoms with Gasteiger partial charge < -0.3 is 9.13 Å². The summed E-state index contributed by atoms with van der Waals surface area (Å²) in [7, 11) is 0. The Balaban J connectivity index is 0.944. The number of fused-ring (bicyclic) bond motifs is 9. The van der Waals surface area contributed by atoms with Crippen molar-refractivity contribution in [2.75, 3.05) is 0 Å². The minimum atomic E-state index is 0.611. The van der Waals surface area contributed by atoms with E-state index in [1.807, 2.05) is 12.1 Å². The average molecular weight is 942 g/mol. The first-order valence-electron chi connectivity index (χ1n) is 25.2. The molecule has 5 heteroatoms. The molecule has 15 rings (SSSR count). The number of aromatic nitrogens is 5. The lowest BCUT2D eigenvalue weighted by Crippen LogP contribution is -2.02. The van der Waals surface area contributed by atoms with Gasteiger partial charge in [-0.2, -0.15) is 0 Å². The van der Waals surface area contributed by atoms with E-state index in [9.17, 15) is 0 Å². The van der Waals surface area contributed by atoms with Gasteiger partial charge in [0.25, 0.3) is 0 Å². The third-order valence-electron chi connectivity index (χ3n) is 14.9. The molecule has 0 fully saturated rings. The van der Waals surface area contributed by atoms with Crippen LogP contribution in [0.1, 0.15) is 0 Å². The molecule has 0 bridgehead atoms. The van der Waals surface area contributed by atoms with Gasteiger partial charge in [0.15, 0.2) is 17.5 Å². The fraction of sp³-hybridized carbons (Fsp3) is 0. The third kappa shape index (κ3) is 6.75. The Hall–Kier alpha value is -9.97. The lowest BCUT2D eigenvalue weighted by Gasteiger charge is -2.16. The predicted octanol–water partition coefficient (Wildman–Crippen LogP) is 17.9. The topological polar surface area (TPSA) is 48.5 Å². The lowest BCUT2D eigenvalue weighted by molar-refractivity contribution is 1.08. The van der Waals surface area contributed by atoms with Gasteiger partial charge in [-0.1, -0.05) is 194 Å². The van der Waals surface area contributed by atoms with Crippen molar-refractivity contribution in [2.24, 2.45) is 0 Å². The molecular formula is C69H43N5. The van der Waals surface area contributed by atoms with Crippen molar-refractivity contribution >= 4 is 75.9 Å². The zero-order valence-corrected chi connectivity index (χ0v) is 40.1. The number of rotatable bonds is 7. The summed E-state index contributed by atoms with van der Waals surface area (Å²) in [5.41, 5.74) is 14.1. The van der Waals surface area contributed by atoms with Crippen LogP contribution in [0.4, 0.5) is 0 Å². The minimum Gasteiger partial charge on any atom is -0.309 e. The molecular weight excluding hydrogens is 899 g/mol. The van der Waals surface area contributed by atoms with Gasteiger partial charge in [-0.05, 0) is 111 Å². The maximum Gasteiger partial charge on any atom is 0.164 e. The van der Waals surface area contributed by atoms with Crippen LogP contribution in [0, 0.1) is 0 Å². The van der Waals surface area contributed by atoms with Crippen LogP contribution in [0.5, 0.6) is 0 Å². The molecule has 74 heavy (non-hydrogen) atoms. The highest BCUT2D eigenvalue weighted by Gasteiger charge is 2.22.